The molecule has 0 aliphatic rings. The second kappa shape index (κ2) is 5.77. The van der Waals surface area contributed by atoms with E-state index in [9.17, 15) is 4.79 Å². The van der Waals surface area contributed by atoms with Gasteiger partial charge in [-0.25, -0.2) is 4.79 Å². The highest BCUT2D eigenvalue weighted by Crippen LogP contribution is 2.30. The molecule has 0 saturated carbocycles. The van der Waals surface area contributed by atoms with Gasteiger partial charge in [-0.3, -0.25) is 0 Å². The van der Waals surface area contributed by atoms with Crippen LogP contribution in [0.15, 0.2) is 12.1 Å². The summed E-state index contributed by atoms with van der Waals surface area (Å²) in [4.78, 5) is 11.1. The summed E-state index contributed by atoms with van der Waals surface area (Å²) in [5, 5.41) is 12.6. The highest BCUT2D eigenvalue weighted by molar-refractivity contribution is 6.34. The maximum atomic E-state index is 11.1. The summed E-state index contributed by atoms with van der Waals surface area (Å²) in [6.45, 7) is 4.07. The molecule has 0 aromatic heterocycles. The third kappa shape index (κ3) is 3.27. The summed E-state index contributed by atoms with van der Waals surface area (Å²) < 4.78 is 0. The third-order valence-electron chi connectivity index (χ3n) is 2.68. The van der Waals surface area contributed by atoms with Crippen molar-refractivity contribution in [2.75, 3.05) is 11.1 Å². The van der Waals surface area contributed by atoms with Crippen molar-refractivity contribution in [2.45, 2.75) is 32.7 Å². The topological polar surface area (TPSA) is 75.3 Å². The fourth-order valence-electron chi connectivity index (χ4n) is 1.64. The van der Waals surface area contributed by atoms with Crippen molar-refractivity contribution in [3.05, 3.63) is 22.7 Å². The van der Waals surface area contributed by atoms with Crippen molar-refractivity contribution >= 4 is 28.9 Å². The number of nitrogens with one attached hydrogen (secondary N) is 1. The number of carboxylic acid groups (broad SMARTS) is 1. The molecule has 0 spiro atoms. The number of anilines is 2. The van der Waals surface area contributed by atoms with Crippen molar-refractivity contribution in [3.63, 3.8) is 0 Å². The number of hydrogen-bond acceptors (Lipinski definition) is 3. The van der Waals surface area contributed by atoms with Crippen LogP contribution in [0.1, 0.15) is 37.0 Å². The minimum atomic E-state index is -1.03. The molecule has 1 aromatic carbocycles. The van der Waals surface area contributed by atoms with Crippen LogP contribution in [0.2, 0.25) is 5.02 Å². The van der Waals surface area contributed by atoms with Gasteiger partial charge >= 0.3 is 5.97 Å². The van der Waals surface area contributed by atoms with Crippen LogP contribution >= 0.6 is 11.6 Å². The van der Waals surface area contributed by atoms with Crippen LogP contribution in [0.3, 0.4) is 0 Å². The van der Waals surface area contributed by atoms with E-state index in [1.165, 1.54) is 6.07 Å². The van der Waals surface area contributed by atoms with Crippen LogP contribution < -0.4 is 11.1 Å². The molecule has 0 heterocycles. The van der Waals surface area contributed by atoms with E-state index in [0.717, 1.165) is 12.8 Å². The van der Waals surface area contributed by atoms with Crippen LogP contribution in [-0.4, -0.2) is 17.1 Å². The highest BCUT2D eigenvalue weighted by atomic mass is 35.5. The standard InChI is InChI=1S/C12H17ClN2O2/c1-3-8(4-2)15-11-9(12(16)17)5-7(14)6-10(11)13/h5-6,8,15H,3-4,14H2,1-2H3,(H,16,17). The Kier molecular flexibility index (Phi) is 4.63. The summed E-state index contributed by atoms with van der Waals surface area (Å²) in [6, 6.07) is 3.17. The Bertz CT molecular complexity index is 417. The average molecular weight is 257 g/mol. The minimum absolute atomic E-state index is 0.113. The molecule has 0 aliphatic carbocycles. The summed E-state index contributed by atoms with van der Waals surface area (Å²) >= 11 is 6.03. The smallest absolute Gasteiger partial charge is 0.337 e. The maximum Gasteiger partial charge on any atom is 0.337 e. The van der Waals surface area contributed by atoms with Crippen LogP contribution in [0, 0.1) is 0 Å². The van der Waals surface area contributed by atoms with E-state index in [-0.39, 0.29) is 11.6 Å². The zero-order chi connectivity index (χ0) is 13.0. The molecule has 4 N–H and O–H groups in total. The monoisotopic (exact) mass is 256 g/mol. The van der Waals surface area contributed by atoms with Crippen molar-refractivity contribution in [1.82, 2.24) is 0 Å². The van der Waals surface area contributed by atoms with Crippen LogP contribution in [0.4, 0.5) is 11.4 Å². The molecule has 0 saturated heterocycles. The van der Waals surface area contributed by atoms with E-state index >= 15 is 0 Å². The van der Waals surface area contributed by atoms with Crippen LogP contribution in [0.25, 0.3) is 0 Å². The molecule has 0 radical (unpaired) electrons. The molecule has 4 nitrogen and oxygen atoms in total. The lowest BCUT2D eigenvalue weighted by Gasteiger charge is -2.19. The first kappa shape index (κ1) is 13.6. The Hall–Kier alpha value is -1.42. The van der Waals surface area contributed by atoms with Gasteiger partial charge in [0.05, 0.1) is 16.3 Å². The Morgan fingerprint density at radius 2 is 2.06 bits per heavy atom. The number of aromatic carboxylic acids is 1. The number of halogens is 1. The van der Waals surface area contributed by atoms with E-state index in [1.807, 2.05) is 13.8 Å². The Labute approximate surface area is 106 Å². The van der Waals surface area contributed by atoms with Gasteiger partial charge in [0, 0.05) is 11.7 Å². The van der Waals surface area contributed by atoms with Crippen molar-refractivity contribution in [2.24, 2.45) is 0 Å². The summed E-state index contributed by atoms with van der Waals surface area (Å²) in [7, 11) is 0. The lowest BCUT2D eigenvalue weighted by atomic mass is 10.1. The second-order valence-electron chi connectivity index (χ2n) is 3.89. The van der Waals surface area contributed by atoms with Gasteiger partial charge in [-0.15, -0.1) is 0 Å². The SMILES string of the molecule is CCC(CC)Nc1c(Cl)cc(N)cc1C(=O)O. The van der Waals surface area contributed by atoms with Gasteiger partial charge in [0.25, 0.3) is 0 Å². The van der Waals surface area contributed by atoms with Crippen molar-refractivity contribution in [3.8, 4) is 0 Å². The Balaban J connectivity index is 3.16. The van der Waals surface area contributed by atoms with Crippen LogP contribution in [0.5, 0.6) is 0 Å². The number of nitrogen functional groups attached to an aromatic ring is 1. The molecule has 1 aromatic rings. The Morgan fingerprint density at radius 3 is 2.53 bits per heavy atom. The van der Waals surface area contributed by atoms with Gasteiger partial charge < -0.3 is 16.2 Å². The zero-order valence-corrected chi connectivity index (χ0v) is 10.7. The predicted molar refractivity (Wildman–Crippen MR) is 70.8 cm³/mol. The predicted octanol–water partition coefficient (Wildman–Crippen LogP) is 3.22. The molecular formula is C12H17ClN2O2. The molecule has 0 aliphatic heterocycles. The van der Waals surface area contributed by atoms with Gasteiger partial charge in [-0.2, -0.15) is 0 Å². The largest absolute Gasteiger partial charge is 0.478 e. The first-order chi connectivity index (χ1) is 7.99. The number of hydrogen-bond donors (Lipinski definition) is 3. The molecule has 0 atom stereocenters. The zero-order valence-electron chi connectivity index (χ0n) is 9.96. The van der Waals surface area contributed by atoms with E-state index < -0.39 is 5.97 Å². The summed E-state index contributed by atoms with van der Waals surface area (Å²) in [5.74, 6) is -1.03. The van der Waals surface area contributed by atoms with Gasteiger partial charge in [0.2, 0.25) is 0 Å². The molecule has 94 valence electrons. The number of benzene rings is 1. The van der Waals surface area contributed by atoms with Gasteiger partial charge in [0.1, 0.15) is 0 Å². The average Bonchev–Trinajstić information content (AvgIpc) is 2.27. The van der Waals surface area contributed by atoms with Crippen molar-refractivity contribution in [1.29, 1.82) is 0 Å². The molecule has 0 fully saturated rings. The van der Waals surface area contributed by atoms with Crippen molar-refractivity contribution < 1.29 is 9.90 Å². The molecule has 5 heteroatoms. The minimum Gasteiger partial charge on any atom is -0.478 e. The first-order valence-corrected chi connectivity index (χ1v) is 5.96. The Morgan fingerprint density at radius 1 is 1.47 bits per heavy atom. The van der Waals surface area contributed by atoms with E-state index in [1.54, 1.807) is 6.07 Å². The number of carboxylic acids is 1. The van der Waals surface area contributed by atoms with Crippen LogP contribution in [-0.2, 0) is 0 Å². The molecule has 0 unspecified atom stereocenters. The molecule has 1 rings (SSSR count). The normalized spacial score (nSPS) is 10.6. The van der Waals surface area contributed by atoms with E-state index in [4.69, 9.17) is 22.4 Å². The maximum absolute atomic E-state index is 11.1. The molecule has 0 amide bonds. The third-order valence-corrected chi connectivity index (χ3v) is 2.98. The van der Waals surface area contributed by atoms with E-state index in [0.29, 0.717) is 16.4 Å². The van der Waals surface area contributed by atoms with Gasteiger partial charge in [0.15, 0.2) is 0 Å². The van der Waals surface area contributed by atoms with Gasteiger partial charge in [-0.1, -0.05) is 25.4 Å². The summed E-state index contributed by atoms with van der Waals surface area (Å²) in [6.07, 6.45) is 1.80. The highest BCUT2D eigenvalue weighted by Gasteiger charge is 2.16. The summed E-state index contributed by atoms with van der Waals surface area (Å²) in [5.41, 5.74) is 6.50. The lowest BCUT2D eigenvalue weighted by molar-refractivity contribution is 0.0698. The molecule has 17 heavy (non-hydrogen) atoms. The fraction of sp³-hybridized carbons (Fsp3) is 0.417. The van der Waals surface area contributed by atoms with E-state index in [2.05, 4.69) is 5.32 Å². The number of rotatable bonds is 5. The molecule has 0 bridgehead atoms. The second-order valence-corrected chi connectivity index (χ2v) is 4.30. The quantitative estimate of drug-likeness (QED) is 0.707. The number of carbonyl (C=O) groups is 1. The van der Waals surface area contributed by atoms with Gasteiger partial charge in [-0.05, 0) is 25.0 Å². The molecular weight excluding hydrogens is 240 g/mol. The lowest BCUT2D eigenvalue weighted by Crippen LogP contribution is -2.19. The first-order valence-electron chi connectivity index (χ1n) is 5.58. The fourth-order valence-corrected chi connectivity index (χ4v) is 1.92. The number of nitrogens with two attached hydrogens (primary N) is 1.